The van der Waals surface area contributed by atoms with Crippen molar-refractivity contribution in [2.75, 3.05) is 12.7 Å². The summed E-state index contributed by atoms with van der Waals surface area (Å²) in [7, 11) is -2.65. The molecule has 158 valence electrons. The molecule has 2 N–H and O–H groups in total. The number of benzene rings is 2. The number of rotatable bonds is 9. The van der Waals surface area contributed by atoms with E-state index in [4.69, 9.17) is 0 Å². The fourth-order valence-electron chi connectivity index (χ4n) is 4.42. The molecule has 1 aliphatic rings. The Hall–Kier alpha value is -1.71. The summed E-state index contributed by atoms with van der Waals surface area (Å²) >= 11 is 1.81. The second kappa shape index (κ2) is 10.5. The van der Waals surface area contributed by atoms with Crippen LogP contribution in [-0.2, 0) is 11.1 Å². The Morgan fingerprint density at radius 1 is 0.800 bits per heavy atom. The Bertz CT molecular complexity index is 887. The van der Waals surface area contributed by atoms with E-state index in [9.17, 15) is 4.57 Å². The summed E-state index contributed by atoms with van der Waals surface area (Å²) in [6, 6.07) is 25.2. The highest BCUT2D eigenvalue weighted by molar-refractivity contribution is 7.78. The Balaban J connectivity index is 1.41. The number of hydrogen-bond donors (Lipinski definition) is 2. The van der Waals surface area contributed by atoms with Gasteiger partial charge in [-0.3, -0.25) is 0 Å². The highest BCUT2D eigenvalue weighted by Crippen LogP contribution is 2.42. The number of nitrogens with one attached hydrogen (secondary N) is 2. The average Bonchev–Trinajstić information content (AvgIpc) is 3.33. The second-order valence-corrected chi connectivity index (χ2v) is 12.0. The maximum absolute atomic E-state index is 14.2. The fourth-order valence-corrected chi connectivity index (χ4v) is 7.64. The quantitative estimate of drug-likeness (QED) is 0.474. The van der Waals surface area contributed by atoms with Crippen LogP contribution in [-0.4, -0.2) is 24.8 Å². The highest BCUT2D eigenvalue weighted by Gasteiger charge is 2.29. The standard InChI is InChI=1S/C25H31N2OPS/c28-29(21-10-3-1-4-11-21,22-12-5-2-6-13-22)18-17-26-24-15-7-8-16-25(24)27-20-23-14-9-19-30-23/h1-6,9-14,19,24-27H,7-8,15-18,20H2. The summed E-state index contributed by atoms with van der Waals surface area (Å²) in [5.74, 6) is 0. The third-order valence-electron chi connectivity index (χ3n) is 6.06. The Kier molecular flexibility index (Phi) is 7.57. The van der Waals surface area contributed by atoms with E-state index in [0.717, 1.165) is 23.7 Å². The Morgan fingerprint density at radius 2 is 1.40 bits per heavy atom. The minimum Gasteiger partial charge on any atom is -0.314 e. The molecular weight excluding hydrogens is 407 g/mol. The molecule has 1 fully saturated rings. The largest absolute Gasteiger partial charge is 0.314 e. The van der Waals surface area contributed by atoms with Crippen molar-refractivity contribution in [1.82, 2.24) is 10.6 Å². The average molecular weight is 439 g/mol. The van der Waals surface area contributed by atoms with E-state index in [2.05, 4.69) is 28.1 Å². The summed E-state index contributed by atoms with van der Waals surface area (Å²) in [6.45, 7) is 1.70. The first-order chi connectivity index (χ1) is 14.8. The lowest BCUT2D eigenvalue weighted by Crippen LogP contribution is -2.50. The van der Waals surface area contributed by atoms with Gasteiger partial charge in [0.2, 0.25) is 0 Å². The fraction of sp³-hybridized carbons (Fsp3) is 0.360. The first-order valence-electron chi connectivity index (χ1n) is 11.0. The first-order valence-corrected chi connectivity index (χ1v) is 13.7. The van der Waals surface area contributed by atoms with Crippen LogP contribution in [0.15, 0.2) is 78.2 Å². The molecule has 0 amide bonds. The molecule has 3 aromatic rings. The van der Waals surface area contributed by atoms with Crippen molar-refractivity contribution in [2.45, 2.75) is 44.3 Å². The predicted octanol–water partition coefficient (Wildman–Crippen LogP) is 4.75. The van der Waals surface area contributed by atoms with Crippen LogP contribution in [0.4, 0.5) is 0 Å². The van der Waals surface area contributed by atoms with E-state index in [-0.39, 0.29) is 0 Å². The minimum atomic E-state index is -2.65. The van der Waals surface area contributed by atoms with E-state index >= 15 is 0 Å². The van der Waals surface area contributed by atoms with E-state index in [1.165, 1.54) is 30.6 Å². The SMILES string of the molecule is O=P(CCNC1CCCCC1NCc1cccs1)(c1ccccc1)c1ccccc1. The Morgan fingerprint density at radius 3 is 1.97 bits per heavy atom. The minimum absolute atomic E-state index is 0.443. The van der Waals surface area contributed by atoms with E-state index < -0.39 is 7.14 Å². The van der Waals surface area contributed by atoms with Crippen molar-refractivity contribution in [3.05, 3.63) is 83.1 Å². The molecule has 0 radical (unpaired) electrons. The summed E-state index contributed by atoms with van der Waals surface area (Å²) in [5, 5.41) is 11.6. The third kappa shape index (κ3) is 5.31. The summed E-state index contributed by atoms with van der Waals surface area (Å²) in [6.07, 6.45) is 5.59. The summed E-state index contributed by atoms with van der Waals surface area (Å²) in [5.41, 5.74) is 0. The van der Waals surface area contributed by atoms with Crippen LogP contribution in [0.1, 0.15) is 30.6 Å². The van der Waals surface area contributed by atoms with Crippen LogP contribution in [0.2, 0.25) is 0 Å². The molecule has 4 rings (SSSR count). The van der Waals surface area contributed by atoms with Crippen molar-refractivity contribution in [3.63, 3.8) is 0 Å². The zero-order valence-corrected chi connectivity index (χ0v) is 19.1. The lowest BCUT2D eigenvalue weighted by molar-refractivity contribution is 0.287. The van der Waals surface area contributed by atoms with Gasteiger partial charge in [-0.15, -0.1) is 11.3 Å². The second-order valence-electron chi connectivity index (χ2n) is 8.05. The normalized spacial score (nSPS) is 19.6. The molecule has 0 saturated heterocycles. The van der Waals surface area contributed by atoms with Crippen LogP contribution in [0.5, 0.6) is 0 Å². The van der Waals surface area contributed by atoms with Crippen LogP contribution in [0, 0.1) is 0 Å². The van der Waals surface area contributed by atoms with Crippen LogP contribution >= 0.6 is 18.5 Å². The molecule has 0 aliphatic heterocycles. The predicted molar refractivity (Wildman–Crippen MR) is 130 cm³/mol. The molecule has 1 aromatic heterocycles. The molecule has 30 heavy (non-hydrogen) atoms. The molecule has 2 atom stereocenters. The third-order valence-corrected chi connectivity index (χ3v) is 10.1. The van der Waals surface area contributed by atoms with Crippen molar-refractivity contribution in [3.8, 4) is 0 Å². The van der Waals surface area contributed by atoms with Crippen LogP contribution in [0.25, 0.3) is 0 Å². The molecule has 0 bridgehead atoms. The van der Waals surface area contributed by atoms with Crippen molar-refractivity contribution in [2.24, 2.45) is 0 Å². The molecule has 1 heterocycles. The molecule has 2 unspecified atom stereocenters. The van der Waals surface area contributed by atoms with Gasteiger partial charge < -0.3 is 15.2 Å². The first kappa shape index (κ1) is 21.5. The lowest BCUT2D eigenvalue weighted by Gasteiger charge is -2.33. The van der Waals surface area contributed by atoms with Crippen molar-refractivity contribution in [1.29, 1.82) is 0 Å². The lowest BCUT2D eigenvalue weighted by atomic mass is 9.90. The van der Waals surface area contributed by atoms with Gasteiger partial charge in [-0.25, -0.2) is 0 Å². The maximum atomic E-state index is 14.2. The van der Waals surface area contributed by atoms with Gasteiger partial charge in [-0.2, -0.15) is 0 Å². The molecule has 3 nitrogen and oxygen atoms in total. The van der Waals surface area contributed by atoms with Crippen molar-refractivity contribution < 1.29 is 4.57 Å². The van der Waals surface area contributed by atoms with Gasteiger partial charge in [0, 0.05) is 46.8 Å². The van der Waals surface area contributed by atoms with Gasteiger partial charge in [0.1, 0.15) is 7.14 Å². The van der Waals surface area contributed by atoms with Crippen molar-refractivity contribution >= 4 is 29.1 Å². The molecule has 2 aromatic carbocycles. The van der Waals surface area contributed by atoms with E-state index in [1.54, 1.807) is 0 Å². The smallest absolute Gasteiger partial charge is 0.144 e. The molecular formula is C25H31N2OPS. The molecule has 0 spiro atoms. The number of hydrogen-bond acceptors (Lipinski definition) is 4. The van der Waals surface area contributed by atoms with E-state index in [0.29, 0.717) is 18.2 Å². The van der Waals surface area contributed by atoms with Gasteiger partial charge in [0.15, 0.2) is 0 Å². The van der Waals surface area contributed by atoms with Crippen LogP contribution in [0.3, 0.4) is 0 Å². The monoisotopic (exact) mass is 438 g/mol. The van der Waals surface area contributed by atoms with Gasteiger partial charge in [0.25, 0.3) is 0 Å². The van der Waals surface area contributed by atoms with Crippen LogP contribution < -0.4 is 21.2 Å². The van der Waals surface area contributed by atoms with Gasteiger partial charge in [0.05, 0.1) is 0 Å². The van der Waals surface area contributed by atoms with E-state index in [1.807, 2.05) is 72.0 Å². The highest BCUT2D eigenvalue weighted by atomic mass is 32.1. The topological polar surface area (TPSA) is 41.1 Å². The maximum Gasteiger partial charge on any atom is 0.144 e. The molecule has 5 heteroatoms. The van der Waals surface area contributed by atoms with Gasteiger partial charge >= 0.3 is 0 Å². The van der Waals surface area contributed by atoms with Gasteiger partial charge in [-0.1, -0.05) is 79.6 Å². The molecule has 1 saturated carbocycles. The summed E-state index contributed by atoms with van der Waals surface area (Å²) in [4.78, 5) is 1.39. The number of thiophene rings is 1. The molecule has 1 aliphatic carbocycles. The zero-order chi connectivity index (χ0) is 20.7. The Labute approximate surface area is 184 Å². The summed E-state index contributed by atoms with van der Waals surface area (Å²) < 4.78 is 14.2. The zero-order valence-electron chi connectivity index (χ0n) is 17.4. The van der Waals surface area contributed by atoms with Gasteiger partial charge in [-0.05, 0) is 24.3 Å².